The van der Waals surface area contributed by atoms with Gasteiger partial charge in [0.05, 0.1) is 18.6 Å². The van der Waals surface area contributed by atoms with Gasteiger partial charge in [-0.1, -0.05) is 13.0 Å². The summed E-state index contributed by atoms with van der Waals surface area (Å²) >= 11 is 0. The second kappa shape index (κ2) is 4.49. The molecule has 3 heteroatoms. The maximum atomic E-state index is 11.4. The molecule has 1 fully saturated rings. The number of aliphatic hydroxyl groups is 1. The summed E-state index contributed by atoms with van der Waals surface area (Å²) in [5.74, 6) is 1.26. The number of hydrogen-bond acceptors (Lipinski definition) is 3. The Morgan fingerprint density at radius 3 is 2.80 bits per heavy atom. The molecule has 0 amide bonds. The Morgan fingerprint density at radius 2 is 2.20 bits per heavy atom. The van der Waals surface area contributed by atoms with Crippen molar-refractivity contribution in [2.45, 2.75) is 44.6 Å². The van der Waals surface area contributed by atoms with Crippen LogP contribution in [0.5, 0.6) is 5.75 Å². The van der Waals surface area contributed by atoms with Crippen molar-refractivity contribution in [2.75, 3.05) is 7.11 Å². The second-order valence-corrected chi connectivity index (χ2v) is 6.43. The van der Waals surface area contributed by atoms with Gasteiger partial charge in [0.1, 0.15) is 11.4 Å². The lowest BCUT2D eigenvalue weighted by atomic mass is 9.68. The van der Waals surface area contributed by atoms with Crippen LogP contribution in [0.15, 0.2) is 18.2 Å². The minimum absolute atomic E-state index is 0.508. The highest BCUT2D eigenvalue weighted by atomic mass is 16.5. The SMILES string of the molecule is COc1ccc2c(c1)C(O)(C1(C#N)CCC(C)C1)CC2. The third kappa shape index (κ3) is 1.68. The maximum absolute atomic E-state index is 11.4. The van der Waals surface area contributed by atoms with Gasteiger partial charge in [0.15, 0.2) is 0 Å². The van der Waals surface area contributed by atoms with Crippen molar-refractivity contribution in [3.05, 3.63) is 29.3 Å². The lowest BCUT2D eigenvalue weighted by molar-refractivity contribution is -0.0592. The quantitative estimate of drug-likeness (QED) is 0.899. The standard InChI is InChI=1S/C17H21NO2/c1-12-5-7-16(10-12,11-18)17(19)8-6-13-3-4-14(20-2)9-15(13)17/h3-4,9,12,19H,5-8,10H2,1-2H3. The van der Waals surface area contributed by atoms with Crippen molar-refractivity contribution in [2.24, 2.45) is 11.3 Å². The van der Waals surface area contributed by atoms with E-state index < -0.39 is 11.0 Å². The topological polar surface area (TPSA) is 53.2 Å². The first kappa shape index (κ1) is 13.5. The molecule has 3 nitrogen and oxygen atoms in total. The first-order valence-electron chi connectivity index (χ1n) is 7.36. The van der Waals surface area contributed by atoms with Crippen molar-refractivity contribution >= 4 is 0 Å². The molecule has 3 unspecified atom stereocenters. The summed E-state index contributed by atoms with van der Waals surface area (Å²) in [6.45, 7) is 2.17. The van der Waals surface area contributed by atoms with Gasteiger partial charge >= 0.3 is 0 Å². The van der Waals surface area contributed by atoms with Gasteiger partial charge < -0.3 is 9.84 Å². The monoisotopic (exact) mass is 271 g/mol. The van der Waals surface area contributed by atoms with Crippen LogP contribution in [0, 0.1) is 22.7 Å². The molecule has 0 heterocycles. The van der Waals surface area contributed by atoms with Crippen LogP contribution in [0.4, 0.5) is 0 Å². The van der Waals surface area contributed by atoms with E-state index in [1.54, 1.807) is 7.11 Å². The van der Waals surface area contributed by atoms with Crippen LogP contribution < -0.4 is 4.74 Å². The highest BCUT2D eigenvalue weighted by molar-refractivity contribution is 5.45. The van der Waals surface area contributed by atoms with Crippen LogP contribution in [0.25, 0.3) is 0 Å². The van der Waals surface area contributed by atoms with E-state index in [1.165, 1.54) is 0 Å². The molecule has 3 rings (SSSR count). The molecule has 0 saturated heterocycles. The van der Waals surface area contributed by atoms with Crippen LogP contribution in [-0.4, -0.2) is 12.2 Å². The molecule has 2 aliphatic carbocycles. The molecule has 20 heavy (non-hydrogen) atoms. The first-order valence-corrected chi connectivity index (χ1v) is 7.36. The Bertz CT molecular complexity index is 577. The summed E-state index contributed by atoms with van der Waals surface area (Å²) in [4.78, 5) is 0. The van der Waals surface area contributed by atoms with Crippen LogP contribution in [0.2, 0.25) is 0 Å². The van der Waals surface area contributed by atoms with Gasteiger partial charge in [-0.05, 0) is 61.3 Å². The number of ether oxygens (including phenoxy) is 1. The lowest BCUT2D eigenvalue weighted by Crippen LogP contribution is -2.41. The highest BCUT2D eigenvalue weighted by Gasteiger charge is 2.57. The zero-order chi connectivity index (χ0) is 14.4. The van der Waals surface area contributed by atoms with E-state index in [1.807, 2.05) is 18.2 Å². The van der Waals surface area contributed by atoms with Gasteiger partial charge in [-0.2, -0.15) is 5.26 Å². The van der Waals surface area contributed by atoms with Gasteiger partial charge in [0.2, 0.25) is 0 Å². The van der Waals surface area contributed by atoms with Crippen LogP contribution in [-0.2, 0) is 12.0 Å². The van der Waals surface area contributed by atoms with Crippen molar-refractivity contribution < 1.29 is 9.84 Å². The molecule has 0 bridgehead atoms. The third-order valence-electron chi connectivity index (χ3n) is 5.29. The predicted octanol–water partition coefficient (Wildman–Crippen LogP) is 3.16. The first-order chi connectivity index (χ1) is 9.54. The fourth-order valence-corrected chi connectivity index (χ4v) is 4.09. The van der Waals surface area contributed by atoms with Crippen molar-refractivity contribution in [1.82, 2.24) is 0 Å². The summed E-state index contributed by atoms with van der Waals surface area (Å²) in [7, 11) is 1.63. The van der Waals surface area contributed by atoms with Crippen molar-refractivity contribution in [1.29, 1.82) is 5.26 Å². The van der Waals surface area contributed by atoms with Crippen LogP contribution in [0.3, 0.4) is 0 Å². The molecule has 0 aromatic heterocycles. The molecule has 0 spiro atoms. The van der Waals surface area contributed by atoms with Gasteiger partial charge in [0.25, 0.3) is 0 Å². The third-order valence-corrected chi connectivity index (χ3v) is 5.29. The Balaban J connectivity index is 2.10. The number of rotatable bonds is 2. The number of nitriles is 1. The normalized spacial score (nSPS) is 35.6. The predicted molar refractivity (Wildman–Crippen MR) is 76.3 cm³/mol. The van der Waals surface area contributed by atoms with E-state index in [-0.39, 0.29) is 0 Å². The number of nitrogens with zero attached hydrogens (tertiary/aromatic N) is 1. The minimum atomic E-state index is -1.02. The Kier molecular flexibility index (Phi) is 3.02. The van der Waals surface area contributed by atoms with E-state index in [9.17, 15) is 10.4 Å². The summed E-state index contributed by atoms with van der Waals surface area (Å²) in [5.41, 5.74) is 0.412. The molecule has 1 aromatic rings. The zero-order valence-corrected chi connectivity index (χ0v) is 12.1. The smallest absolute Gasteiger partial charge is 0.119 e. The van der Waals surface area contributed by atoms with Gasteiger partial charge in [-0.15, -0.1) is 0 Å². The summed E-state index contributed by atoms with van der Waals surface area (Å²) in [6.07, 6.45) is 4.09. The molecule has 2 aliphatic rings. The zero-order valence-electron chi connectivity index (χ0n) is 12.1. The van der Waals surface area contributed by atoms with Crippen molar-refractivity contribution in [3.63, 3.8) is 0 Å². The minimum Gasteiger partial charge on any atom is -0.497 e. The largest absolute Gasteiger partial charge is 0.497 e. The molecule has 0 radical (unpaired) electrons. The van der Waals surface area contributed by atoms with E-state index in [0.29, 0.717) is 12.3 Å². The average Bonchev–Trinajstić information content (AvgIpc) is 3.02. The van der Waals surface area contributed by atoms with Gasteiger partial charge in [0, 0.05) is 0 Å². The maximum Gasteiger partial charge on any atom is 0.119 e. The molecule has 1 aromatic carbocycles. The lowest BCUT2D eigenvalue weighted by Gasteiger charge is -2.38. The fraction of sp³-hybridized carbons (Fsp3) is 0.588. The summed E-state index contributed by atoms with van der Waals surface area (Å²) in [5, 5.41) is 21.1. The van der Waals surface area contributed by atoms with E-state index >= 15 is 0 Å². The fourth-order valence-electron chi connectivity index (χ4n) is 4.09. The van der Waals surface area contributed by atoms with Crippen LogP contribution in [0.1, 0.15) is 43.7 Å². The van der Waals surface area contributed by atoms with Crippen molar-refractivity contribution in [3.8, 4) is 11.8 Å². The number of benzene rings is 1. The number of hydrogen-bond donors (Lipinski definition) is 1. The molecule has 0 aliphatic heterocycles. The Labute approximate surface area is 120 Å². The Morgan fingerprint density at radius 1 is 1.40 bits per heavy atom. The van der Waals surface area contributed by atoms with Crippen LogP contribution >= 0.6 is 0 Å². The molecule has 1 saturated carbocycles. The average molecular weight is 271 g/mol. The van der Waals surface area contributed by atoms with Gasteiger partial charge in [-0.3, -0.25) is 0 Å². The molecular weight excluding hydrogens is 250 g/mol. The molecule has 106 valence electrons. The van der Waals surface area contributed by atoms with Gasteiger partial charge in [-0.25, -0.2) is 0 Å². The molecule has 1 N–H and O–H groups in total. The number of aryl methyl sites for hydroxylation is 1. The summed E-state index contributed by atoms with van der Waals surface area (Å²) in [6, 6.07) is 8.35. The second-order valence-electron chi connectivity index (χ2n) is 6.43. The van der Waals surface area contributed by atoms with E-state index in [0.717, 1.165) is 42.6 Å². The Hall–Kier alpha value is -1.53. The summed E-state index contributed by atoms with van der Waals surface area (Å²) < 4.78 is 5.29. The number of fused-ring (bicyclic) bond motifs is 1. The highest BCUT2D eigenvalue weighted by Crippen LogP contribution is 2.58. The van der Waals surface area contributed by atoms with E-state index in [2.05, 4.69) is 13.0 Å². The van der Waals surface area contributed by atoms with E-state index in [4.69, 9.17) is 4.74 Å². The molecule has 3 atom stereocenters. The number of methoxy groups -OCH3 is 1. The molecular formula is C17H21NO2.